The lowest BCUT2D eigenvalue weighted by molar-refractivity contribution is -0.133. The molecule has 1 atom stereocenters. The van der Waals surface area contributed by atoms with E-state index in [9.17, 15) is 4.79 Å². The van der Waals surface area contributed by atoms with Crippen molar-refractivity contribution < 1.29 is 4.79 Å². The standard InChI is InChI=1S/C17H27N3O.ClH/c1-4-5-15(18)17(21)20-10-8-19(9-11-20)16-12-13(2)6-7-14(16)3;/h6-7,12,15H,4-5,8-11,18H2,1-3H3;1H. The number of nitrogens with zero attached hydrogens (tertiary/aromatic N) is 2. The molecule has 0 spiro atoms. The molecule has 0 saturated carbocycles. The molecule has 1 aliphatic heterocycles. The molecule has 0 aliphatic carbocycles. The lowest BCUT2D eigenvalue weighted by Gasteiger charge is -2.37. The van der Waals surface area contributed by atoms with E-state index in [-0.39, 0.29) is 24.4 Å². The summed E-state index contributed by atoms with van der Waals surface area (Å²) < 4.78 is 0. The summed E-state index contributed by atoms with van der Waals surface area (Å²) in [5.41, 5.74) is 9.81. The maximum Gasteiger partial charge on any atom is 0.239 e. The average molecular weight is 326 g/mol. The molecule has 1 aromatic carbocycles. The van der Waals surface area contributed by atoms with Crippen LogP contribution in [0.2, 0.25) is 0 Å². The van der Waals surface area contributed by atoms with Crippen LogP contribution < -0.4 is 10.6 Å². The molecule has 1 aliphatic rings. The van der Waals surface area contributed by atoms with E-state index in [1.54, 1.807) is 0 Å². The zero-order valence-corrected chi connectivity index (χ0v) is 14.7. The first kappa shape index (κ1) is 18.8. The molecular weight excluding hydrogens is 298 g/mol. The lowest BCUT2D eigenvalue weighted by atomic mass is 10.1. The Morgan fingerprint density at radius 1 is 1.23 bits per heavy atom. The molecule has 2 rings (SSSR count). The number of piperazine rings is 1. The number of nitrogens with two attached hydrogens (primary N) is 1. The summed E-state index contributed by atoms with van der Waals surface area (Å²) in [7, 11) is 0. The number of anilines is 1. The minimum Gasteiger partial charge on any atom is -0.368 e. The minimum absolute atomic E-state index is 0. The average Bonchev–Trinajstić information content (AvgIpc) is 2.49. The van der Waals surface area contributed by atoms with Crippen molar-refractivity contribution >= 4 is 24.0 Å². The van der Waals surface area contributed by atoms with E-state index in [0.29, 0.717) is 0 Å². The van der Waals surface area contributed by atoms with Gasteiger partial charge in [-0.05, 0) is 37.5 Å². The van der Waals surface area contributed by atoms with E-state index in [1.807, 2.05) is 4.90 Å². The predicted octanol–water partition coefficient (Wildman–Crippen LogP) is 2.50. The summed E-state index contributed by atoms with van der Waals surface area (Å²) in [6.45, 7) is 9.62. The van der Waals surface area contributed by atoms with Gasteiger partial charge in [0, 0.05) is 31.9 Å². The zero-order chi connectivity index (χ0) is 15.4. The van der Waals surface area contributed by atoms with Crippen LogP contribution in [0.25, 0.3) is 0 Å². The fraction of sp³-hybridized carbons (Fsp3) is 0.588. The van der Waals surface area contributed by atoms with Crippen molar-refractivity contribution in [2.45, 2.75) is 39.7 Å². The van der Waals surface area contributed by atoms with Crippen LogP contribution in [-0.2, 0) is 4.79 Å². The zero-order valence-electron chi connectivity index (χ0n) is 13.8. The summed E-state index contributed by atoms with van der Waals surface area (Å²) in [5, 5.41) is 0. The van der Waals surface area contributed by atoms with E-state index in [2.05, 4.69) is 43.9 Å². The Morgan fingerprint density at radius 3 is 2.45 bits per heavy atom. The molecule has 0 radical (unpaired) electrons. The molecule has 4 nitrogen and oxygen atoms in total. The Balaban J connectivity index is 0.00000242. The third-order valence-electron chi connectivity index (χ3n) is 4.21. The molecule has 0 bridgehead atoms. The van der Waals surface area contributed by atoms with Crippen molar-refractivity contribution in [3.63, 3.8) is 0 Å². The van der Waals surface area contributed by atoms with Gasteiger partial charge in [0.15, 0.2) is 0 Å². The van der Waals surface area contributed by atoms with Crippen molar-refractivity contribution in [2.75, 3.05) is 31.1 Å². The third-order valence-corrected chi connectivity index (χ3v) is 4.21. The fourth-order valence-electron chi connectivity index (χ4n) is 2.90. The van der Waals surface area contributed by atoms with E-state index >= 15 is 0 Å². The molecule has 1 amide bonds. The number of hydrogen-bond acceptors (Lipinski definition) is 3. The maximum atomic E-state index is 12.2. The summed E-state index contributed by atoms with van der Waals surface area (Å²) >= 11 is 0. The second-order valence-electron chi connectivity index (χ2n) is 6.00. The summed E-state index contributed by atoms with van der Waals surface area (Å²) in [4.78, 5) is 16.5. The molecule has 124 valence electrons. The Morgan fingerprint density at radius 2 is 1.86 bits per heavy atom. The SMILES string of the molecule is CCCC(N)C(=O)N1CCN(c2cc(C)ccc2C)CC1.Cl. The molecule has 1 fully saturated rings. The van der Waals surface area contributed by atoms with Gasteiger partial charge < -0.3 is 15.5 Å². The first-order chi connectivity index (χ1) is 10.0. The fourth-order valence-corrected chi connectivity index (χ4v) is 2.90. The highest BCUT2D eigenvalue weighted by molar-refractivity contribution is 5.85. The monoisotopic (exact) mass is 325 g/mol. The van der Waals surface area contributed by atoms with Crippen LogP contribution in [0.5, 0.6) is 0 Å². The number of carbonyl (C=O) groups excluding carboxylic acids is 1. The molecule has 1 saturated heterocycles. The predicted molar refractivity (Wildman–Crippen MR) is 94.8 cm³/mol. The molecule has 22 heavy (non-hydrogen) atoms. The largest absolute Gasteiger partial charge is 0.368 e. The van der Waals surface area contributed by atoms with Crippen LogP contribution in [-0.4, -0.2) is 43.0 Å². The Kier molecular flexibility index (Phi) is 7.17. The molecule has 2 N–H and O–H groups in total. The van der Waals surface area contributed by atoms with Gasteiger partial charge in [0.25, 0.3) is 0 Å². The van der Waals surface area contributed by atoms with Gasteiger partial charge in [0.1, 0.15) is 0 Å². The Hall–Kier alpha value is -1.26. The minimum atomic E-state index is -0.331. The van der Waals surface area contributed by atoms with Crippen LogP contribution in [0.3, 0.4) is 0 Å². The highest BCUT2D eigenvalue weighted by Crippen LogP contribution is 2.23. The normalized spacial score (nSPS) is 16.2. The van der Waals surface area contributed by atoms with Crippen molar-refractivity contribution in [3.05, 3.63) is 29.3 Å². The number of amides is 1. The molecule has 0 aromatic heterocycles. The van der Waals surface area contributed by atoms with Crippen molar-refractivity contribution in [3.8, 4) is 0 Å². The molecular formula is C17H28ClN3O. The lowest BCUT2D eigenvalue weighted by Crippen LogP contribution is -2.53. The molecule has 1 heterocycles. The van der Waals surface area contributed by atoms with Gasteiger partial charge in [-0.15, -0.1) is 12.4 Å². The number of carbonyl (C=O) groups is 1. The highest BCUT2D eigenvalue weighted by atomic mass is 35.5. The Bertz CT molecular complexity index is 499. The van der Waals surface area contributed by atoms with Crippen LogP contribution in [0.4, 0.5) is 5.69 Å². The topological polar surface area (TPSA) is 49.6 Å². The summed E-state index contributed by atoms with van der Waals surface area (Å²) in [6.07, 6.45) is 1.73. The second kappa shape index (κ2) is 8.39. The van der Waals surface area contributed by atoms with Crippen LogP contribution in [0.1, 0.15) is 30.9 Å². The van der Waals surface area contributed by atoms with Gasteiger partial charge in [-0.25, -0.2) is 0 Å². The van der Waals surface area contributed by atoms with Gasteiger partial charge in [0.05, 0.1) is 6.04 Å². The molecule has 1 aromatic rings. The first-order valence-electron chi connectivity index (χ1n) is 7.89. The second-order valence-corrected chi connectivity index (χ2v) is 6.00. The maximum absolute atomic E-state index is 12.2. The van der Waals surface area contributed by atoms with Gasteiger partial charge >= 0.3 is 0 Å². The number of aryl methyl sites for hydroxylation is 2. The number of benzene rings is 1. The van der Waals surface area contributed by atoms with Gasteiger partial charge in [0.2, 0.25) is 5.91 Å². The summed E-state index contributed by atoms with van der Waals surface area (Å²) in [5.74, 6) is 0.109. The van der Waals surface area contributed by atoms with Gasteiger partial charge in [-0.3, -0.25) is 4.79 Å². The van der Waals surface area contributed by atoms with Crippen molar-refractivity contribution in [2.24, 2.45) is 5.73 Å². The molecule has 5 heteroatoms. The van der Waals surface area contributed by atoms with Crippen LogP contribution in [0.15, 0.2) is 18.2 Å². The quantitative estimate of drug-likeness (QED) is 0.925. The van der Waals surface area contributed by atoms with E-state index in [1.165, 1.54) is 16.8 Å². The van der Waals surface area contributed by atoms with Crippen molar-refractivity contribution in [1.82, 2.24) is 4.90 Å². The number of hydrogen-bond donors (Lipinski definition) is 1. The van der Waals surface area contributed by atoms with E-state index < -0.39 is 0 Å². The highest BCUT2D eigenvalue weighted by Gasteiger charge is 2.25. The third kappa shape index (κ3) is 4.37. The van der Waals surface area contributed by atoms with E-state index in [0.717, 1.165) is 39.0 Å². The van der Waals surface area contributed by atoms with Crippen LogP contribution in [0, 0.1) is 13.8 Å². The smallest absolute Gasteiger partial charge is 0.239 e. The first-order valence-corrected chi connectivity index (χ1v) is 7.89. The number of halogens is 1. The summed E-state index contributed by atoms with van der Waals surface area (Å²) in [6, 6.07) is 6.21. The number of rotatable bonds is 4. The molecule has 1 unspecified atom stereocenters. The Labute approximate surface area is 140 Å². The van der Waals surface area contributed by atoms with E-state index in [4.69, 9.17) is 5.73 Å². The van der Waals surface area contributed by atoms with Crippen LogP contribution >= 0.6 is 12.4 Å². The van der Waals surface area contributed by atoms with Crippen molar-refractivity contribution in [1.29, 1.82) is 0 Å². The van der Waals surface area contributed by atoms with Gasteiger partial charge in [-0.1, -0.05) is 25.5 Å². The van der Waals surface area contributed by atoms with Gasteiger partial charge in [-0.2, -0.15) is 0 Å².